The van der Waals surface area contributed by atoms with Crippen LogP contribution in [-0.4, -0.2) is 77.0 Å². The number of aromatic nitrogens is 2. The van der Waals surface area contributed by atoms with Crippen LogP contribution < -0.4 is 4.90 Å². The van der Waals surface area contributed by atoms with Crippen LogP contribution >= 0.6 is 0 Å². The highest BCUT2D eigenvalue weighted by Crippen LogP contribution is 2.17. The fourth-order valence-electron chi connectivity index (χ4n) is 3.58. The van der Waals surface area contributed by atoms with Gasteiger partial charge in [-0.2, -0.15) is 0 Å². The molecule has 2 amide bonds. The lowest BCUT2D eigenvalue weighted by molar-refractivity contribution is -0.160. The molecule has 0 bridgehead atoms. The summed E-state index contributed by atoms with van der Waals surface area (Å²) in [7, 11) is 0. The fraction of sp³-hybridized carbons (Fsp3) is 0.400. The molecular formula is C20H23N5O3. The zero-order valence-electron chi connectivity index (χ0n) is 15.6. The summed E-state index contributed by atoms with van der Waals surface area (Å²) in [6.07, 6.45) is 3.43. The van der Waals surface area contributed by atoms with E-state index >= 15 is 0 Å². The SMILES string of the molecule is O=C(C1COCC(=O)N1Cc1ccccc1)N1CCN(c2ncccn2)CC1. The van der Waals surface area contributed by atoms with Gasteiger partial charge < -0.3 is 19.4 Å². The lowest BCUT2D eigenvalue weighted by Crippen LogP contribution is -2.59. The normalized spacial score (nSPS) is 20.4. The molecule has 0 aliphatic carbocycles. The van der Waals surface area contributed by atoms with Crippen molar-refractivity contribution in [2.75, 3.05) is 44.3 Å². The van der Waals surface area contributed by atoms with E-state index in [1.165, 1.54) is 0 Å². The molecule has 8 heteroatoms. The molecule has 1 aromatic heterocycles. The maximum absolute atomic E-state index is 13.1. The molecule has 2 aliphatic heterocycles. The second kappa shape index (κ2) is 8.35. The van der Waals surface area contributed by atoms with Gasteiger partial charge in [0.1, 0.15) is 12.6 Å². The van der Waals surface area contributed by atoms with E-state index in [1.54, 1.807) is 23.4 Å². The molecule has 2 aromatic rings. The fourth-order valence-corrected chi connectivity index (χ4v) is 3.58. The molecule has 4 rings (SSSR count). The van der Waals surface area contributed by atoms with E-state index in [2.05, 4.69) is 14.9 Å². The molecule has 8 nitrogen and oxygen atoms in total. The maximum Gasteiger partial charge on any atom is 0.249 e. The number of nitrogens with zero attached hydrogens (tertiary/aromatic N) is 5. The zero-order valence-corrected chi connectivity index (χ0v) is 15.6. The summed E-state index contributed by atoms with van der Waals surface area (Å²) in [6.45, 7) is 3.14. The van der Waals surface area contributed by atoms with Crippen LogP contribution in [0.4, 0.5) is 5.95 Å². The number of hydrogen-bond acceptors (Lipinski definition) is 6. The number of rotatable bonds is 4. The Morgan fingerprint density at radius 2 is 1.75 bits per heavy atom. The minimum atomic E-state index is -0.582. The Bertz CT molecular complexity index is 809. The Labute approximate surface area is 163 Å². The van der Waals surface area contributed by atoms with Crippen molar-refractivity contribution in [3.05, 3.63) is 54.4 Å². The van der Waals surface area contributed by atoms with E-state index in [-0.39, 0.29) is 25.0 Å². The first-order chi connectivity index (χ1) is 13.7. The summed E-state index contributed by atoms with van der Waals surface area (Å²) < 4.78 is 5.40. The predicted octanol–water partition coefficient (Wildman–Crippen LogP) is 0.553. The van der Waals surface area contributed by atoms with Gasteiger partial charge in [-0.15, -0.1) is 0 Å². The first kappa shape index (κ1) is 18.4. The summed E-state index contributed by atoms with van der Waals surface area (Å²) in [6, 6.07) is 10.9. The number of anilines is 1. The molecule has 0 N–H and O–H groups in total. The third kappa shape index (κ3) is 3.96. The van der Waals surface area contributed by atoms with Gasteiger partial charge >= 0.3 is 0 Å². The molecule has 0 spiro atoms. The van der Waals surface area contributed by atoms with Crippen molar-refractivity contribution in [3.8, 4) is 0 Å². The average molecular weight is 381 g/mol. The maximum atomic E-state index is 13.1. The van der Waals surface area contributed by atoms with Gasteiger partial charge in [0.25, 0.3) is 0 Å². The van der Waals surface area contributed by atoms with Crippen LogP contribution in [0.1, 0.15) is 5.56 Å². The van der Waals surface area contributed by atoms with Crippen LogP contribution in [0.25, 0.3) is 0 Å². The number of hydrogen-bond donors (Lipinski definition) is 0. The summed E-state index contributed by atoms with van der Waals surface area (Å²) >= 11 is 0. The molecule has 2 aliphatic rings. The summed E-state index contributed by atoms with van der Waals surface area (Å²) in [4.78, 5) is 39.6. The average Bonchev–Trinajstić information content (AvgIpc) is 2.76. The second-order valence-corrected chi connectivity index (χ2v) is 6.90. The topological polar surface area (TPSA) is 78.9 Å². The third-order valence-electron chi connectivity index (χ3n) is 5.10. The van der Waals surface area contributed by atoms with Gasteiger partial charge in [-0.3, -0.25) is 9.59 Å². The van der Waals surface area contributed by atoms with Gasteiger partial charge in [0.15, 0.2) is 0 Å². The molecule has 3 heterocycles. The van der Waals surface area contributed by atoms with E-state index in [1.807, 2.05) is 35.2 Å². The molecular weight excluding hydrogens is 358 g/mol. The molecule has 2 fully saturated rings. The zero-order chi connectivity index (χ0) is 19.3. The number of carbonyl (C=O) groups excluding carboxylic acids is 2. The Balaban J connectivity index is 1.42. The van der Waals surface area contributed by atoms with E-state index in [9.17, 15) is 9.59 Å². The molecule has 1 aromatic carbocycles. The van der Waals surface area contributed by atoms with Crippen LogP contribution in [-0.2, 0) is 20.9 Å². The van der Waals surface area contributed by atoms with Gasteiger partial charge in [-0.1, -0.05) is 30.3 Å². The molecule has 28 heavy (non-hydrogen) atoms. The monoisotopic (exact) mass is 381 g/mol. The Kier molecular flexibility index (Phi) is 5.48. The quantitative estimate of drug-likeness (QED) is 0.770. The molecule has 1 atom stereocenters. The molecule has 146 valence electrons. The second-order valence-electron chi connectivity index (χ2n) is 6.90. The van der Waals surface area contributed by atoms with Crippen LogP contribution in [0, 0.1) is 0 Å². The van der Waals surface area contributed by atoms with Gasteiger partial charge in [-0.25, -0.2) is 9.97 Å². The number of amides is 2. The van der Waals surface area contributed by atoms with Crippen molar-refractivity contribution in [1.82, 2.24) is 19.8 Å². The van der Waals surface area contributed by atoms with Crippen molar-refractivity contribution >= 4 is 17.8 Å². The Morgan fingerprint density at radius 3 is 2.46 bits per heavy atom. The first-order valence-electron chi connectivity index (χ1n) is 9.44. The number of morpholine rings is 1. The van der Waals surface area contributed by atoms with Crippen LogP contribution in [0.2, 0.25) is 0 Å². The smallest absolute Gasteiger partial charge is 0.249 e. The van der Waals surface area contributed by atoms with E-state index in [0.717, 1.165) is 5.56 Å². The largest absolute Gasteiger partial charge is 0.369 e. The Morgan fingerprint density at radius 1 is 1.04 bits per heavy atom. The summed E-state index contributed by atoms with van der Waals surface area (Å²) in [5, 5.41) is 0. The van der Waals surface area contributed by atoms with Crippen molar-refractivity contribution in [2.45, 2.75) is 12.6 Å². The highest BCUT2D eigenvalue weighted by Gasteiger charge is 2.37. The third-order valence-corrected chi connectivity index (χ3v) is 5.10. The van der Waals surface area contributed by atoms with Gasteiger partial charge in [0.2, 0.25) is 17.8 Å². The van der Waals surface area contributed by atoms with Crippen LogP contribution in [0.15, 0.2) is 48.8 Å². The number of ether oxygens (including phenoxy) is 1. The number of benzene rings is 1. The molecule has 1 unspecified atom stereocenters. The highest BCUT2D eigenvalue weighted by molar-refractivity contribution is 5.89. The predicted molar refractivity (Wildman–Crippen MR) is 102 cm³/mol. The van der Waals surface area contributed by atoms with Crippen molar-refractivity contribution in [2.24, 2.45) is 0 Å². The molecule has 2 saturated heterocycles. The minimum Gasteiger partial charge on any atom is -0.369 e. The lowest BCUT2D eigenvalue weighted by Gasteiger charge is -2.40. The van der Waals surface area contributed by atoms with Crippen molar-refractivity contribution in [3.63, 3.8) is 0 Å². The minimum absolute atomic E-state index is 0.0235. The van der Waals surface area contributed by atoms with Crippen molar-refractivity contribution in [1.29, 1.82) is 0 Å². The lowest BCUT2D eigenvalue weighted by atomic mass is 10.1. The summed E-state index contributed by atoms with van der Waals surface area (Å²) in [5.41, 5.74) is 1.00. The van der Waals surface area contributed by atoms with Gasteiger partial charge in [-0.05, 0) is 11.6 Å². The van der Waals surface area contributed by atoms with E-state index < -0.39 is 6.04 Å². The van der Waals surface area contributed by atoms with Gasteiger partial charge in [0.05, 0.1) is 6.61 Å². The molecule has 0 radical (unpaired) electrons. The van der Waals surface area contributed by atoms with Crippen molar-refractivity contribution < 1.29 is 14.3 Å². The Hall–Kier alpha value is -3.00. The van der Waals surface area contributed by atoms with Crippen LogP contribution in [0.5, 0.6) is 0 Å². The number of carbonyl (C=O) groups is 2. The summed E-state index contributed by atoms with van der Waals surface area (Å²) in [5.74, 6) is 0.471. The highest BCUT2D eigenvalue weighted by atomic mass is 16.5. The number of piperazine rings is 1. The van der Waals surface area contributed by atoms with E-state index in [0.29, 0.717) is 38.7 Å². The van der Waals surface area contributed by atoms with Crippen LogP contribution in [0.3, 0.4) is 0 Å². The standard InChI is InChI=1S/C20H23N5O3/c26-18-15-28-14-17(25(18)13-16-5-2-1-3-6-16)19(27)23-9-11-24(12-10-23)20-21-7-4-8-22-20/h1-8,17H,9-15H2. The molecule has 0 saturated carbocycles. The first-order valence-corrected chi connectivity index (χ1v) is 9.44. The van der Waals surface area contributed by atoms with E-state index in [4.69, 9.17) is 4.74 Å². The van der Waals surface area contributed by atoms with Gasteiger partial charge in [0, 0.05) is 45.1 Å².